The Morgan fingerprint density at radius 1 is 1.06 bits per heavy atom. The number of hydrogen-bond donors (Lipinski definition) is 3. The second kappa shape index (κ2) is 14.7. The van der Waals surface area contributed by atoms with Gasteiger partial charge in [0.2, 0.25) is 22.6 Å². The first kappa shape index (κ1) is 36.6. The SMILES string of the molecule is CC(C(=O)NC(C(=O)N1C[C@@H](N=[N+]=N)C[C@H]1C(=O)NC(Cc1ccc2ccccc2c1)C(=O)[O-])C(C)(C)C)N(C)C(=O)OC(C)(C)C. The summed E-state index contributed by atoms with van der Waals surface area (Å²) in [6.07, 6.45) is -0.790. The summed E-state index contributed by atoms with van der Waals surface area (Å²) >= 11 is 0. The molecule has 4 amide bonds. The second-order valence-electron chi connectivity index (χ2n) is 14.0. The monoisotopic (exact) mass is 651 g/mol. The van der Waals surface area contributed by atoms with E-state index in [-0.39, 0.29) is 19.4 Å². The average Bonchev–Trinajstić information content (AvgIpc) is 3.41. The third kappa shape index (κ3) is 9.58. The van der Waals surface area contributed by atoms with Gasteiger partial charge in [0.05, 0.1) is 18.6 Å². The highest BCUT2D eigenvalue weighted by molar-refractivity contribution is 5.95. The molecule has 1 heterocycles. The Hall–Kier alpha value is -4.84. The van der Waals surface area contributed by atoms with Crippen molar-refractivity contribution in [3.63, 3.8) is 0 Å². The fraction of sp³-hybridized carbons (Fsp3) is 0.545. The van der Waals surface area contributed by atoms with Crippen LogP contribution in [0.25, 0.3) is 10.8 Å². The predicted molar refractivity (Wildman–Crippen MR) is 171 cm³/mol. The smallest absolute Gasteiger partial charge is 0.410 e. The summed E-state index contributed by atoms with van der Waals surface area (Å²) < 4.78 is 5.36. The number of carbonyl (C=O) groups excluding carboxylic acids is 5. The minimum Gasteiger partial charge on any atom is -0.548 e. The van der Waals surface area contributed by atoms with Crippen molar-refractivity contribution in [1.82, 2.24) is 25.3 Å². The number of fused-ring (bicyclic) bond motifs is 1. The number of nitrogens with one attached hydrogen (secondary N) is 3. The Labute approximate surface area is 274 Å². The van der Waals surface area contributed by atoms with Gasteiger partial charge in [0, 0.05) is 13.5 Å². The van der Waals surface area contributed by atoms with Crippen LogP contribution in [-0.4, -0.2) is 89.0 Å². The van der Waals surface area contributed by atoms with Crippen molar-refractivity contribution in [3.8, 4) is 0 Å². The zero-order valence-electron chi connectivity index (χ0n) is 28.2. The van der Waals surface area contributed by atoms with Crippen LogP contribution in [0.2, 0.25) is 0 Å². The highest BCUT2D eigenvalue weighted by Gasteiger charge is 2.47. The van der Waals surface area contributed by atoms with Crippen LogP contribution in [-0.2, 0) is 30.3 Å². The van der Waals surface area contributed by atoms with Gasteiger partial charge in [-0.05, 0) is 55.9 Å². The number of rotatable bonds is 10. The molecule has 1 aliphatic heterocycles. The topological polar surface area (TPSA) is 198 Å². The van der Waals surface area contributed by atoms with Crippen LogP contribution in [0.1, 0.15) is 60.5 Å². The molecule has 0 bridgehead atoms. The van der Waals surface area contributed by atoms with Crippen molar-refractivity contribution in [2.24, 2.45) is 10.5 Å². The standard InChI is InChI=1S/C33H45N7O7/c1-19(39(8)31(46)47-33(5,6)7)27(41)36-26(32(2,3)4)29(43)40-18-23(37-38-34)17-25(40)28(42)35-24(30(44)45)16-20-13-14-21-11-9-10-12-22(21)15-20/h9-15,19,23-26,34H,16-18H2,1-8H3,(H2-,35,36,41,42,44,45)/t19?,23-,24?,25-,26?/m0/s1. The lowest BCUT2D eigenvalue weighted by atomic mass is 9.85. The first-order valence-electron chi connectivity index (χ1n) is 15.4. The van der Waals surface area contributed by atoms with E-state index in [1.165, 1.54) is 18.9 Å². The lowest BCUT2D eigenvalue weighted by molar-refractivity contribution is -0.308. The number of likely N-dealkylation sites (tertiary alicyclic amines) is 1. The van der Waals surface area contributed by atoms with Crippen molar-refractivity contribution in [1.29, 1.82) is 5.53 Å². The average molecular weight is 652 g/mol. The lowest BCUT2D eigenvalue weighted by Crippen LogP contribution is -2.61. The number of aliphatic carboxylic acids is 1. The van der Waals surface area contributed by atoms with Crippen molar-refractivity contribution >= 4 is 40.6 Å². The maximum atomic E-state index is 14.1. The molecule has 1 fully saturated rings. The number of carbonyl (C=O) groups is 5. The maximum Gasteiger partial charge on any atom is 0.410 e. The minimum absolute atomic E-state index is 0.0156. The molecule has 1 aliphatic rings. The van der Waals surface area contributed by atoms with Gasteiger partial charge in [0.1, 0.15) is 34.4 Å². The molecule has 47 heavy (non-hydrogen) atoms. The highest BCUT2D eigenvalue weighted by atomic mass is 16.6. The molecule has 14 heteroatoms. The number of ether oxygens (including phenoxy) is 1. The van der Waals surface area contributed by atoms with Gasteiger partial charge in [-0.15, -0.1) is 0 Å². The molecule has 3 rings (SSSR count). The van der Waals surface area contributed by atoms with Gasteiger partial charge < -0.3 is 30.2 Å². The fourth-order valence-corrected chi connectivity index (χ4v) is 5.28. The third-order valence-electron chi connectivity index (χ3n) is 7.98. The van der Waals surface area contributed by atoms with Crippen molar-refractivity contribution in [2.75, 3.05) is 13.6 Å². The Balaban J connectivity index is 1.83. The number of carboxylic acids is 1. The van der Waals surface area contributed by atoms with E-state index in [9.17, 15) is 29.1 Å². The Bertz CT molecular complexity index is 1560. The molecule has 0 spiro atoms. The molecule has 0 aromatic heterocycles. The van der Waals surface area contributed by atoms with E-state index in [0.29, 0.717) is 5.56 Å². The van der Waals surface area contributed by atoms with Crippen LogP contribution < -0.4 is 20.7 Å². The number of carboxylic acid groups (broad SMARTS) is 1. The normalized spacial score (nSPS) is 18.3. The number of likely N-dealkylation sites (N-methyl/N-ethyl adjacent to an activating group) is 1. The summed E-state index contributed by atoms with van der Waals surface area (Å²) in [5.41, 5.74) is 6.22. The maximum absolute atomic E-state index is 14.1. The van der Waals surface area contributed by atoms with Crippen molar-refractivity contribution in [3.05, 3.63) is 48.0 Å². The van der Waals surface area contributed by atoms with E-state index in [4.69, 9.17) is 10.3 Å². The van der Waals surface area contributed by atoms with Gasteiger partial charge in [0.15, 0.2) is 6.04 Å². The van der Waals surface area contributed by atoms with Crippen LogP contribution in [0.15, 0.2) is 47.6 Å². The molecule has 2 aromatic carbocycles. The lowest BCUT2D eigenvalue weighted by Gasteiger charge is -2.37. The zero-order chi connectivity index (χ0) is 35.3. The summed E-state index contributed by atoms with van der Waals surface area (Å²) in [6.45, 7) is 11.7. The van der Waals surface area contributed by atoms with E-state index >= 15 is 0 Å². The summed E-state index contributed by atoms with van der Waals surface area (Å²) in [7, 11) is 1.41. The number of amides is 4. The number of hydrogen-bond acceptors (Lipinski definition) is 9. The van der Waals surface area contributed by atoms with E-state index in [0.717, 1.165) is 15.7 Å². The van der Waals surface area contributed by atoms with Crippen LogP contribution in [0.3, 0.4) is 0 Å². The first-order valence-corrected chi connectivity index (χ1v) is 15.4. The van der Waals surface area contributed by atoms with E-state index < -0.39 is 71.0 Å². The summed E-state index contributed by atoms with van der Waals surface area (Å²) in [5, 5.41) is 23.1. The van der Waals surface area contributed by atoms with Gasteiger partial charge in [-0.1, -0.05) is 63.2 Å². The molecule has 0 saturated carbocycles. The molecule has 3 N–H and O–H groups in total. The number of benzene rings is 2. The molecule has 3 unspecified atom stereocenters. The number of nitrogens with zero attached hydrogens (tertiary/aromatic N) is 4. The fourth-order valence-electron chi connectivity index (χ4n) is 5.28. The molecule has 5 atom stereocenters. The van der Waals surface area contributed by atoms with Crippen LogP contribution >= 0.6 is 0 Å². The second-order valence-corrected chi connectivity index (χ2v) is 14.0. The largest absolute Gasteiger partial charge is 0.548 e. The highest BCUT2D eigenvalue weighted by Crippen LogP contribution is 2.28. The van der Waals surface area contributed by atoms with Gasteiger partial charge in [-0.2, -0.15) is 0 Å². The van der Waals surface area contributed by atoms with Gasteiger partial charge in [-0.3, -0.25) is 19.3 Å². The van der Waals surface area contributed by atoms with Crippen LogP contribution in [0.5, 0.6) is 0 Å². The van der Waals surface area contributed by atoms with Crippen LogP contribution in [0.4, 0.5) is 4.79 Å². The summed E-state index contributed by atoms with van der Waals surface area (Å²) in [6, 6.07) is 7.63. The summed E-state index contributed by atoms with van der Waals surface area (Å²) in [5.74, 6) is -3.47. The minimum atomic E-state index is -1.49. The van der Waals surface area contributed by atoms with Crippen LogP contribution in [0, 0.1) is 10.9 Å². The quantitative estimate of drug-likeness (QED) is 0.257. The zero-order valence-corrected chi connectivity index (χ0v) is 28.2. The van der Waals surface area contributed by atoms with Crippen molar-refractivity contribution < 1.29 is 33.8 Å². The molecule has 0 radical (unpaired) electrons. The molecule has 0 aliphatic carbocycles. The van der Waals surface area contributed by atoms with Gasteiger partial charge in [0.25, 0.3) is 0 Å². The van der Waals surface area contributed by atoms with Gasteiger partial charge in [-0.25, -0.2) is 4.79 Å². The van der Waals surface area contributed by atoms with Gasteiger partial charge >= 0.3 is 6.09 Å². The van der Waals surface area contributed by atoms with E-state index in [1.807, 2.05) is 36.4 Å². The summed E-state index contributed by atoms with van der Waals surface area (Å²) in [4.78, 5) is 71.3. The molecule has 1 saturated heterocycles. The van der Waals surface area contributed by atoms with E-state index in [2.05, 4.69) is 20.7 Å². The van der Waals surface area contributed by atoms with Crippen molar-refractivity contribution in [2.45, 2.75) is 97.1 Å². The Morgan fingerprint density at radius 2 is 1.70 bits per heavy atom. The third-order valence-corrected chi connectivity index (χ3v) is 7.98. The molecule has 14 nitrogen and oxygen atoms in total. The molecular formula is C33H45N7O7. The van der Waals surface area contributed by atoms with E-state index in [1.54, 1.807) is 47.6 Å². The Morgan fingerprint density at radius 3 is 2.28 bits per heavy atom. The molecule has 254 valence electrons. The predicted octanol–water partition coefficient (Wildman–Crippen LogP) is 1.92. The molecule has 2 aromatic rings. The Kier molecular flexibility index (Phi) is 11.5. The molecular weight excluding hydrogens is 606 g/mol. The first-order chi connectivity index (χ1) is 21.8.